The molecular weight excluding hydrogens is 388 g/mol. The highest BCUT2D eigenvalue weighted by Gasteiger charge is 2.26. The smallest absolute Gasteiger partial charge is 0.319 e. The van der Waals surface area contributed by atoms with Crippen molar-refractivity contribution in [3.8, 4) is 0 Å². The first-order chi connectivity index (χ1) is 13.9. The Labute approximate surface area is 174 Å². The number of carbonyl (C=O) groups excluding carboxylic acids is 3. The van der Waals surface area contributed by atoms with E-state index in [0.29, 0.717) is 18.0 Å². The van der Waals surface area contributed by atoms with E-state index in [9.17, 15) is 14.4 Å². The molecule has 0 fully saturated rings. The summed E-state index contributed by atoms with van der Waals surface area (Å²) < 4.78 is 0. The Morgan fingerprint density at radius 3 is 2.55 bits per heavy atom. The minimum atomic E-state index is -0.259. The molecule has 2 aromatic carbocycles. The summed E-state index contributed by atoms with van der Waals surface area (Å²) in [4.78, 5) is 38.9. The molecule has 3 N–H and O–H groups in total. The summed E-state index contributed by atoms with van der Waals surface area (Å²) in [7, 11) is 0. The highest BCUT2D eigenvalue weighted by atomic mass is 32.2. The third-order valence-electron chi connectivity index (χ3n) is 4.23. The average Bonchev–Trinajstić information content (AvgIpc) is 2.69. The van der Waals surface area contributed by atoms with Gasteiger partial charge in [0.2, 0.25) is 11.8 Å². The summed E-state index contributed by atoms with van der Waals surface area (Å²) in [5.41, 5.74) is 2.35. The summed E-state index contributed by atoms with van der Waals surface area (Å²) in [6.07, 6.45) is 0. The van der Waals surface area contributed by atoms with Crippen LogP contribution in [-0.4, -0.2) is 36.2 Å². The highest BCUT2D eigenvalue weighted by Crippen LogP contribution is 2.34. The lowest BCUT2D eigenvalue weighted by atomic mass is 10.2. The van der Waals surface area contributed by atoms with E-state index in [0.717, 1.165) is 16.1 Å². The number of benzene rings is 2. The first kappa shape index (κ1) is 20.7. The Kier molecular flexibility index (Phi) is 6.77. The van der Waals surface area contributed by atoms with Crippen molar-refractivity contribution in [2.24, 2.45) is 0 Å². The number of urea groups is 1. The van der Waals surface area contributed by atoms with E-state index in [1.54, 1.807) is 12.1 Å². The molecule has 0 unspecified atom stereocenters. The number of hydrogen-bond donors (Lipinski definition) is 3. The summed E-state index contributed by atoms with van der Waals surface area (Å²) in [6, 6.07) is 14.6. The maximum Gasteiger partial charge on any atom is 0.319 e. The fraction of sp³-hybridized carbons (Fsp3) is 0.286. The number of nitrogens with zero attached hydrogens (tertiary/aromatic N) is 1. The van der Waals surface area contributed by atoms with E-state index in [1.807, 2.05) is 50.2 Å². The molecule has 0 saturated heterocycles. The molecule has 8 heteroatoms. The molecule has 152 valence electrons. The van der Waals surface area contributed by atoms with Gasteiger partial charge in [0.05, 0.1) is 11.4 Å². The van der Waals surface area contributed by atoms with Crippen LogP contribution in [0.25, 0.3) is 0 Å². The molecule has 0 aliphatic carbocycles. The molecular formula is C21H24N4O3S. The standard InChI is InChI=1S/C21H24N4O3S/c1-14(2)23-21(28)24-16-9-7-15(8-10-16)11-22-19(26)12-25-17-5-3-4-6-18(17)29-13-20(25)27/h3-10,14H,11-13H2,1-2H3,(H,22,26)(H2,23,24,28). The molecule has 0 spiro atoms. The molecule has 0 atom stereocenters. The zero-order valence-electron chi connectivity index (χ0n) is 16.4. The van der Waals surface area contributed by atoms with Crippen molar-refractivity contribution in [2.45, 2.75) is 31.3 Å². The van der Waals surface area contributed by atoms with Crippen LogP contribution in [0.3, 0.4) is 0 Å². The number of hydrogen-bond acceptors (Lipinski definition) is 4. The predicted molar refractivity (Wildman–Crippen MR) is 115 cm³/mol. The van der Waals surface area contributed by atoms with Crippen molar-refractivity contribution in [3.63, 3.8) is 0 Å². The van der Waals surface area contributed by atoms with Crippen molar-refractivity contribution >= 4 is 41.0 Å². The van der Waals surface area contributed by atoms with Gasteiger partial charge in [0, 0.05) is 23.2 Å². The zero-order valence-corrected chi connectivity index (χ0v) is 17.2. The maximum absolute atomic E-state index is 12.4. The Morgan fingerprint density at radius 1 is 1.10 bits per heavy atom. The van der Waals surface area contributed by atoms with Crippen LogP contribution in [0.4, 0.5) is 16.2 Å². The van der Waals surface area contributed by atoms with Gasteiger partial charge in [-0.2, -0.15) is 0 Å². The first-order valence-electron chi connectivity index (χ1n) is 9.37. The Morgan fingerprint density at radius 2 is 1.83 bits per heavy atom. The maximum atomic E-state index is 12.4. The fourth-order valence-corrected chi connectivity index (χ4v) is 3.80. The van der Waals surface area contributed by atoms with Crippen LogP contribution in [0.1, 0.15) is 19.4 Å². The molecule has 0 radical (unpaired) electrons. The van der Waals surface area contributed by atoms with E-state index in [4.69, 9.17) is 0 Å². The number of rotatable bonds is 6. The third kappa shape index (κ3) is 5.74. The van der Waals surface area contributed by atoms with Crippen LogP contribution in [0, 0.1) is 0 Å². The van der Waals surface area contributed by atoms with Crippen molar-refractivity contribution in [1.29, 1.82) is 0 Å². The number of anilines is 2. The molecule has 4 amide bonds. The minimum absolute atomic E-state index is 0.00851. The van der Waals surface area contributed by atoms with Crippen molar-refractivity contribution < 1.29 is 14.4 Å². The quantitative estimate of drug-likeness (QED) is 0.680. The van der Waals surface area contributed by atoms with Crippen LogP contribution in [0.15, 0.2) is 53.4 Å². The number of thioether (sulfide) groups is 1. The first-order valence-corrected chi connectivity index (χ1v) is 10.4. The normalized spacial score (nSPS) is 13.1. The van der Waals surface area contributed by atoms with E-state index in [-0.39, 0.29) is 30.4 Å². The second kappa shape index (κ2) is 9.47. The van der Waals surface area contributed by atoms with E-state index in [2.05, 4.69) is 16.0 Å². The molecule has 0 bridgehead atoms. The van der Waals surface area contributed by atoms with E-state index >= 15 is 0 Å². The number of nitrogens with one attached hydrogen (secondary N) is 3. The number of amides is 4. The van der Waals surface area contributed by atoms with Gasteiger partial charge in [-0.25, -0.2) is 4.79 Å². The third-order valence-corrected chi connectivity index (χ3v) is 5.28. The predicted octanol–water partition coefficient (Wildman–Crippen LogP) is 2.97. The van der Waals surface area contributed by atoms with Gasteiger partial charge in [-0.1, -0.05) is 24.3 Å². The Bertz CT molecular complexity index is 899. The lowest BCUT2D eigenvalue weighted by Gasteiger charge is -2.28. The van der Waals surface area contributed by atoms with Crippen molar-refractivity contribution in [3.05, 3.63) is 54.1 Å². The topological polar surface area (TPSA) is 90.5 Å². The summed E-state index contributed by atoms with van der Waals surface area (Å²) >= 11 is 1.49. The van der Waals surface area contributed by atoms with Crippen molar-refractivity contribution in [2.75, 3.05) is 22.5 Å². The average molecular weight is 413 g/mol. The summed E-state index contributed by atoms with van der Waals surface area (Å²) in [5.74, 6) is 0.0425. The van der Waals surface area contributed by atoms with Crippen LogP contribution in [0.5, 0.6) is 0 Å². The van der Waals surface area contributed by atoms with Gasteiger partial charge in [0.15, 0.2) is 0 Å². The molecule has 7 nitrogen and oxygen atoms in total. The van der Waals surface area contributed by atoms with Gasteiger partial charge >= 0.3 is 6.03 Å². The summed E-state index contributed by atoms with van der Waals surface area (Å²) in [5, 5.41) is 8.35. The fourth-order valence-electron chi connectivity index (χ4n) is 2.86. The SMILES string of the molecule is CC(C)NC(=O)Nc1ccc(CNC(=O)CN2C(=O)CSc3ccccc32)cc1. The molecule has 1 aliphatic rings. The number of fused-ring (bicyclic) bond motifs is 1. The zero-order chi connectivity index (χ0) is 20.8. The molecule has 0 saturated carbocycles. The minimum Gasteiger partial charge on any atom is -0.350 e. The second-order valence-electron chi connectivity index (χ2n) is 6.96. The lowest BCUT2D eigenvalue weighted by Crippen LogP contribution is -2.43. The number of carbonyl (C=O) groups is 3. The molecule has 1 aliphatic heterocycles. The van der Waals surface area contributed by atoms with E-state index in [1.165, 1.54) is 16.7 Å². The Hall–Kier alpha value is -3.00. The lowest BCUT2D eigenvalue weighted by molar-refractivity contribution is -0.123. The van der Waals surface area contributed by atoms with Gasteiger partial charge in [-0.15, -0.1) is 11.8 Å². The molecule has 0 aromatic heterocycles. The van der Waals surface area contributed by atoms with Gasteiger partial charge in [-0.3, -0.25) is 9.59 Å². The molecule has 3 rings (SSSR count). The van der Waals surface area contributed by atoms with Gasteiger partial charge < -0.3 is 20.9 Å². The molecule has 29 heavy (non-hydrogen) atoms. The monoisotopic (exact) mass is 412 g/mol. The second-order valence-corrected chi connectivity index (χ2v) is 7.98. The van der Waals surface area contributed by atoms with Crippen molar-refractivity contribution in [1.82, 2.24) is 10.6 Å². The van der Waals surface area contributed by atoms with Crippen LogP contribution in [-0.2, 0) is 16.1 Å². The van der Waals surface area contributed by atoms with Crippen LogP contribution < -0.4 is 20.9 Å². The molecule has 1 heterocycles. The largest absolute Gasteiger partial charge is 0.350 e. The van der Waals surface area contributed by atoms with Gasteiger partial charge in [0.1, 0.15) is 6.54 Å². The van der Waals surface area contributed by atoms with Gasteiger partial charge in [-0.05, 0) is 43.7 Å². The highest BCUT2D eigenvalue weighted by molar-refractivity contribution is 8.00. The van der Waals surface area contributed by atoms with Gasteiger partial charge in [0.25, 0.3) is 0 Å². The number of para-hydroxylation sites is 1. The summed E-state index contributed by atoms with van der Waals surface area (Å²) in [6.45, 7) is 4.11. The van der Waals surface area contributed by atoms with Crippen LogP contribution in [0.2, 0.25) is 0 Å². The molecule has 2 aromatic rings. The Balaban J connectivity index is 1.52. The van der Waals surface area contributed by atoms with Crippen LogP contribution >= 0.6 is 11.8 Å². The van der Waals surface area contributed by atoms with E-state index < -0.39 is 0 Å².